The van der Waals surface area contributed by atoms with E-state index in [4.69, 9.17) is 11.6 Å². The van der Waals surface area contributed by atoms with Crippen LogP contribution in [0.25, 0.3) is 0 Å². The molecule has 0 radical (unpaired) electrons. The summed E-state index contributed by atoms with van der Waals surface area (Å²) in [5.74, 6) is 0.108. The Balaban J connectivity index is 1.66. The second-order valence-electron chi connectivity index (χ2n) is 6.20. The van der Waals surface area contributed by atoms with E-state index in [2.05, 4.69) is 20.2 Å². The predicted molar refractivity (Wildman–Crippen MR) is 99.5 cm³/mol. The summed E-state index contributed by atoms with van der Waals surface area (Å²) < 4.78 is 27.1. The molecule has 9 heteroatoms. The molecule has 0 saturated heterocycles. The normalized spacial score (nSPS) is 15.4. The average Bonchev–Trinajstić information content (AvgIpc) is 2.64. The van der Waals surface area contributed by atoms with E-state index in [0.29, 0.717) is 5.69 Å². The quantitative estimate of drug-likeness (QED) is 0.808. The number of amides is 1. The first-order valence-electron chi connectivity index (χ1n) is 8.37. The van der Waals surface area contributed by atoms with Crippen LogP contribution in [-0.4, -0.2) is 24.5 Å². The SMILES string of the molecule is O=C(Nc1ccc(S(=O)(=O)Nc2ccc(Cl)nn2)cc1)C1CCCCC1. The Morgan fingerprint density at radius 1 is 1.00 bits per heavy atom. The van der Waals surface area contributed by atoms with Crippen molar-refractivity contribution in [1.29, 1.82) is 0 Å². The molecule has 1 aromatic carbocycles. The van der Waals surface area contributed by atoms with Gasteiger partial charge in [-0.3, -0.25) is 9.52 Å². The molecule has 7 nitrogen and oxygen atoms in total. The number of hydrogen-bond acceptors (Lipinski definition) is 5. The lowest BCUT2D eigenvalue weighted by molar-refractivity contribution is -0.120. The summed E-state index contributed by atoms with van der Waals surface area (Å²) in [6.07, 6.45) is 5.15. The fourth-order valence-electron chi connectivity index (χ4n) is 2.89. The number of carbonyl (C=O) groups is 1. The minimum absolute atomic E-state index is 0.00475. The van der Waals surface area contributed by atoms with Gasteiger partial charge in [0.15, 0.2) is 11.0 Å². The second kappa shape index (κ2) is 8.01. The smallest absolute Gasteiger partial charge is 0.263 e. The maximum absolute atomic E-state index is 12.4. The van der Waals surface area contributed by atoms with E-state index in [1.165, 1.54) is 30.7 Å². The van der Waals surface area contributed by atoms with Gasteiger partial charge in [0, 0.05) is 11.6 Å². The van der Waals surface area contributed by atoms with Gasteiger partial charge in [0.05, 0.1) is 4.90 Å². The third kappa shape index (κ3) is 4.70. The first kappa shape index (κ1) is 18.6. The van der Waals surface area contributed by atoms with Crippen LogP contribution in [0.1, 0.15) is 32.1 Å². The lowest BCUT2D eigenvalue weighted by Gasteiger charge is -2.20. The summed E-state index contributed by atoms with van der Waals surface area (Å²) in [5, 5.41) is 10.3. The topological polar surface area (TPSA) is 101 Å². The third-order valence-electron chi connectivity index (χ3n) is 4.28. The van der Waals surface area contributed by atoms with Crippen LogP contribution in [0.15, 0.2) is 41.3 Å². The largest absolute Gasteiger partial charge is 0.326 e. The van der Waals surface area contributed by atoms with E-state index in [-0.39, 0.29) is 27.7 Å². The highest BCUT2D eigenvalue weighted by molar-refractivity contribution is 7.92. The fourth-order valence-corrected chi connectivity index (χ4v) is 3.99. The standard InChI is InChI=1S/C17H19ClN4O3S/c18-15-10-11-16(21-20-15)22-26(24,25)14-8-6-13(7-9-14)19-17(23)12-4-2-1-3-5-12/h6-12H,1-5H2,(H,19,23)(H,21,22). The highest BCUT2D eigenvalue weighted by Crippen LogP contribution is 2.25. The van der Waals surface area contributed by atoms with Crippen LogP contribution in [-0.2, 0) is 14.8 Å². The minimum Gasteiger partial charge on any atom is -0.326 e. The Hall–Kier alpha value is -2.19. The van der Waals surface area contributed by atoms with Crippen molar-refractivity contribution in [2.75, 3.05) is 10.0 Å². The monoisotopic (exact) mass is 394 g/mol. The number of aromatic nitrogens is 2. The molecule has 1 amide bonds. The predicted octanol–water partition coefficient (Wildman–Crippen LogP) is 3.45. The van der Waals surface area contributed by atoms with Gasteiger partial charge >= 0.3 is 0 Å². The van der Waals surface area contributed by atoms with Gasteiger partial charge in [-0.05, 0) is 49.2 Å². The van der Waals surface area contributed by atoms with Crippen molar-refractivity contribution in [1.82, 2.24) is 10.2 Å². The molecule has 0 spiro atoms. The third-order valence-corrected chi connectivity index (χ3v) is 5.85. The summed E-state index contributed by atoms with van der Waals surface area (Å²) in [4.78, 5) is 12.3. The van der Waals surface area contributed by atoms with Gasteiger partial charge in [-0.25, -0.2) is 8.42 Å². The van der Waals surface area contributed by atoms with E-state index in [0.717, 1.165) is 25.7 Å². The van der Waals surface area contributed by atoms with Crippen molar-refractivity contribution < 1.29 is 13.2 Å². The first-order chi connectivity index (χ1) is 12.4. The average molecular weight is 395 g/mol. The van der Waals surface area contributed by atoms with E-state index < -0.39 is 10.0 Å². The molecule has 0 bridgehead atoms. The molecule has 2 aromatic rings. The maximum Gasteiger partial charge on any atom is 0.263 e. The summed E-state index contributed by atoms with van der Waals surface area (Å²) >= 11 is 5.63. The Labute approximate surface area is 157 Å². The van der Waals surface area contributed by atoms with Gasteiger partial charge in [0.2, 0.25) is 5.91 Å². The molecule has 0 aliphatic heterocycles. The maximum atomic E-state index is 12.4. The fraction of sp³-hybridized carbons (Fsp3) is 0.353. The van der Waals surface area contributed by atoms with Crippen molar-refractivity contribution in [2.24, 2.45) is 5.92 Å². The molecular formula is C17H19ClN4O3S. The molecule has 0 unspecified atom stereocenters. The van der Waals surface area contributed by atoms with Crippen LogP contribution >= 0.6 is 11.6 Å². The van der Waals surface area contributed by atoms with E-state index in [9.17, 15) is 13.2 Å². The number of anilines is 2. The van der Waals surface area contributed by atoms with Crippen molar-refractivity contribution in [2.45, 2.75) is 37.0 Å². The van der Waals surface area contributed by atoms with Gasteiger partial charge in [-0.15, -0.1) is 10.2 Å². The summed E-state index contributed by atoms with van der Waals surface area (Å²) in [6, 6.07) is 8.87. The number of sulfonamides is 1. The van der Waals surface area contributed by atoms with Crippen LogP contribution < -0.4 is 10.0 Å². The first-order valence-corrected chi connectivity index (χ1v) is 10.2. The van der Waals surface area contributed by atoms with Crippen LogP contribution in [0.3, 0.4) is 0 Å². The van der Waals surface area contributed by atoms with Crippen molar-refractivity contribution in [3.8, 4) is 0 Å². The van der Waals surface area contributed by atoms with Crippen LogP contribution in [0.4, 0.5) is 11.5 Å². The van der Waals surface area contributed by atoms with Gasteiger partial charge < -0.3 is 5.32 Å². The van der Waals surface area contributed by atoms with Gasteiger partial charge in [-0.1, -0.05) is 30.9 Å². The number of benzene rings is 1. The zero-order valence-electron chi connectivity index (χ0n) is 14.0. The Morgan fingerprint density at radius 2 is 1.69 bits per heavy atom. The van der Waals surface area contributed by atoms with Gasteiger partial charge in [-0.2, -0.15) is 0 Å². The Bertz CT molecular complexity index is 864. The van der Waals surface area contributed by atoms with Crippen molar-refractivity contribution >= 4 is 39.0 Å². The summed E-state index contributed by atoms with van der Waals surface area (Å²) in [5.41, 5.74) is 0.575. The molecule has 138 valence electrons. The number of hydrogen-bond donors (Lipinski definition) is 2. The number of nitrogens with zero attached hydrogens (tertiary/aromatic N) is 2. The Kier molecular flexibility index (Phi) is 5.73. The molecule has 2 N–H and O–H groups in total. The van der Waals surface area contributed by atoms with E-state index in [1.807, 2.05) is 0 Å². The number of halogens is 1. The second-order valence-corrected chi connectivity index (χ2v) is 8.27. The molecule has 3 rings (SSSR count). The zero-order chi connectivity index (χ0) is 18.6. The molecule has 1 fully saturated rings. The molecule has 1 saturated carbocycles. The summed E-state index contributed by atoms with van der Waals surface area (Å²) in [7, 11) is -3.80. The molecule has 1 aliphatic carbocycles. The molecule has 26 heavy (non-hydrogen) atoms. The van der Waals surface area contributed by atoms with Gasteiger partial charge in [0.25, 0.3) is 10.0 Å². The Morgan fingerprint density at radius 3 is 2.31 bits per heavy atom. The molecule has 1 aromatic heterocycles. The van der Waals surface area contributed by atoms with Crippen molar-refractivity contribution in [3.05, 3.63) is 41.6 Å². The molecule has 1 heterocycles. The lowest BCUT2D eigenvalue weighted by atomic mass is 9.88. The van der Waals surface area contributed by atoms with Crippen LogP contribution in [0.5, 0.6) is 0 Å². The van der Waals surface area contributed by atoms with E-state index >= 15 is 0 Å². The number of rotatable bonds is 5. The number of nitrogens with one attached hydrogen (secondary N) is 2. The van der Waals surface area contributed by atoms with E-state index in [1.54, 1.807) is 12.1 Å². The highest BCUT2D eigenvalue weighted by atomic mass is 35.5. The van der Waals surface area contributed by atoms with Crippen molar-refractivity contribution in [3.63, 3.8) is 0 Å². The molecular weight excluding hydrogens is 376 g/mol. The highest BCUT2D eigenvalue weighted by Gasteiger charge is 2.21. The zero-order valence-corrected chi connectivity index (χ0v) is 15.6. The lowest BCUT2D eigenvalue weighted by Crippen LogP contribution is -2.24. The summed E-state index contributed by atoms with van der Waals surface area (Å²) in [6.45, 7) is 0. The molecule has 0 atom stereocenters. The minimum atomic E-state index is -3.80. The van der Waals surface area contributed by atoms with Crippen LogP contribution in [0, 0.1) is 5.92 Å². The van der Waals surface area contributed by atoms with Gasteiger partial charge in [0.1, 0.15) is 0 Å². The number of carbonyl (C=O) groups excluding carboxylic acids is 1. The molecule has 1 aliphatic rings. The van der Waals surface area contributed by atoms with Crippen LogP contribution in [0.2, 0.25) is 5.15 Å².